The quantitative estimate of drug-likeness (QED) is 0.840. The SMILES string of the molecule is C[C@H](NCc1cc(Cl)ccc1OC(F)F)C(=O)O. The van der Waals surface area contributed by atoms with E-state index in [1.165, 1.54) is 25.1 Å². The van der Waals surface area contributed by atoms with Crippen LogP contribution in [0.2, 0.25) is 5.02 Å². The topological polar surface area (TPSA) is 58.6 Å². The predicted octanol–water partition coefficient (Wildman–Crippen LogP) is 2.50. The molecule has 100 valence electrons. The summed E-state index contributed by atoms with van der Waals surface area (Å²) in [5.74, 6) is -1.06. The Morgan fingerprint density at radius 1 is 1.56 bits per heavy atom. The van der Waals surface area contributed by atoms with Gasteiger partial charge in [-0.3, -0.25) is 4.79 Å². The van der Waals surface area contributed by atoms with E-state index in [2.05, 4.69) is 10.1 Å². The van der Waals surface area contributed by atoms with E-state index < -0.39 is 18.6 Å². The third kappa shape index (κ3) is 4.46. The third-order valence-electron chi connectivity index (χ3n) is 2.21. The second-order valence-corrected chi connectivity index (χ2v) is 4.01. The number of hydrogen-bond donors (Lipinski definition) is 2. The van der Waals surface area contributed by atoms with Crippen molar-refractivity contribution in [2.24, 2.45) is 0 Å². The Morgan fingerprint density at radius 3 is 2.78 bits per heavy atom. The highest BCUT2D eigenvalue weighted by atomic mass is 35.5. The lowest BCUT2D eigenvalue weighted by atomic mass is 10.2. The molecule has 0 fully saturated rings. The van der Waals surface area contributed by atoms with Crippen LogP contribution in [0.1, 0.15) is 12.5 Å². The smallest absolute Gasteiger partial charge is 0.387 e. The van der Waals surface area contributed by atoms with E-state index >= 15 is 0 Å². The number of halogens is 3. The molecule has 0 aliphatic heterocycles. The van der Waals surface area contributed by atoms with Crippen LogP contribution in [0.25, 0.3) is 0 Å². The fraction of sp³-hybridized carbons (Fsp3) is 0.364. The summed E-state index contributed by atoms with van der Waals surface area (Å²) < 4.78 is 28.6. The Balaban J connectivity index is 2.78. The minimum Gasteiger partial charge on any atom is -0.480 e. The molecule has 1 rings (SSSR count). The first-order chi connectivity index (χ1) is 8.40. The molecule has 2 N–H and O–H groups in total. The van der Waals surface area contributed by atoms with Gasteiger partial charge in [0.05, 0.1) is 0 Å². The van der Waals surface area contributed by atoms with Gasteiger partial charge in [-0.25, -0.2) is 0 Å². The van der Waals surface area contributed by atoms with Gasteiger partial charge in [-0.2, -0.15) is 8.78 Å². The van der Waals surface area contributed by atoms with Crippen molar-refractivity contribution in [1.29, 1.82) is 0 Å². The Kier molecular flexibility index (Phi) is 5.30. The molecule has 0 amide bonds. The monoisotopic (exact) mass is 279 g/mol. The van der Waals surface area contributed by atoms with Crippen molar-refractivity contribution >= 4 is 17.6 Å². The van der Waals surface area contributed by atoms with Gasteiger partial charge in [-0.15, -0.1) is 0 Å². The van der Waals surface area contributed by atoms with E-state index in [9.17, 15) is 13.6 Å². The molecule has 0 bridgehead atoms. The molecule has 0 aromatic heterocycles. The highest BCUT2D eigenvalue weighted by molar-refractivity contribution is 6.30. The first kappa shape index (κ1) is 14.7. The molecule has 1 atom stereocenters. The molecule has 0 saturated carbocycles. The van der Waals surface area contributed by atoms with Crippen LogP contribution >= 0.6 is 11.6 Å². The molecule has 1 aromatic rings. The Morgan fingerprint density at radius 2 is 2.22 bits per heavy atom. The van der Waals surface area contributed by atoms with Gasteiger partial charge in [0.15, 0.2) is 0 Å². The first-order valence-electron chi connectivity index (χ1n) is 5.09. The standard InChI is InChI=1S/C11H12ClF2NO3/c1-6(10(16)17)15-5-7-4-8(12)2-3-9(7)18-11(13)14/h2-4,6,11,15H,5H2,1H3,(H,16,17)/t6-/m0/s1. The second kappa shape index (κ2) is 6.51. The second-order valence-electron chi connectivity index (χ2n) is 3.57. The number of rotatable bonds is 6. The van der Waals surface area contributed by atoms with Crippen molar-refractivity contribution < 1.29 is 23.4 Å². The molecule has 1 aromatic carbocycles. The van der Waals surface area contributed by atoms with E-state index in [-0.39, 0.29) is 12.3 Å². The van der Waals surface area contributed by atoms with Gasteiger partial charge in [0.1, 0.15) is 11.8 Å². The van der Waals surface area contributed by atoms with Crippen molar-refractivity contribution in [3.05, 3.63) is 28.8 Å². The van der Waals surface area contributed by atoms with Crippen molar-refractivity contribution in [2.75, 3.05) is 0 Å². The number of hydrogen-bond acceptors (Lipinski definition) is 3. The zero-order chi connectivity index (χ0) is 13.7. The Labute approximate surface area is 108 Å². The average molecular weight is 280 g/mol. The molecule has 0 radical (unpaired) electrons. The largest absolute Gasteiger partial charge is 0.480 e. The first-order valence-corrected chi connectivity index (χ1v) is 5.47. The van der Waals surface area contributed by atoms with Crippen LogP contribution in [0.3, 0.4) is 0 Å². The van der Waals surface area contributed by atoms with Crippen LogP contribution in [0.15, 0.2) is 18.2 Å². The summed E-state index contributed by atoms with van der Waals surface area (Å²) in [6, 6.07) is 3.38. The zero-order valence-corrected chi connectivity index (χ0v) is 10.2. The number of alkyl halides is 2. The van der Waals surface area contributed by atoms with E-state index in [4.69, 9.17) is 16.7 Å². The van der Waals surface area contributed by atoms with E-state index in [0.717, 1.165) is 0 Å². The Hall–Kier alpha value is -1.40. The summed E-state index contributed by atoms with van der Waals surface area (Å²) in [7, 11) is 0. The summed E-state index contributed by atoms with van der Waals surface area (Å²) >= 11 is 5.74. The number of carbonyl (C=O) groups is 1. The average Bonchev–Trinajstić information content (AvgIpc) is 2.28. The maximum absolute atomic E-state index is 12.2. The summed E-state index contributed by atoms with van der Waals surface area (Å²) in [5, 5.41) is 11.7. The molecule has 0 aliphatic rings. The molecular weight excluding hydrogens is 268 g/mol. The van der Waals surface area contributed by atoms with Gasteiger partial charge in [0.2, 0.25) is 0 Å². The van der Waals surface area contributed by atoms with E-state index in [1.807, 2.05) is 0 Å². The van der Waals surface area contributed by atoms with Crippen LogP contribution < -0.4 is 10.1 Å². The molecule has 0 aliphatic carbocycles. The minimum absolute atomic E-state index is 0.0283. The fourth-order valence-corrected chi connectivity index (χ4v) is 1.44. The van der Waals surface area contributed by atoms with Gasteiger partial charge >= 0.3 is 12.6 Å². The van der Waals surface area contributed by atoms with Crippen LogP contribution in [-0.4, -0.2) is 23.7 Å². The minimum atomic E-state index is -2.94. The lowest BCUT2D eigenvalue weighted by molar-refractivity contribution is -0.139. The summed E-state index contributed by atoms with van der Waals surface area (Å²) in [6.07, 6.45) is 0. The van der Waals surface area contributed by atoms with Gasteiger partial charge in [-0.1, -0.05) is 11.6 Å². The predicted molar refractivity (Wildman–Crippen MR) is 62.0 cm³/mol. The zero-order valence-electron chi connectivity index (χ0n) is 9.49. The lowest BCUT2D eigenvalue weighted by Crippen LogP contribution is -2.33. The maximum Gasteiger partial charge on any atom is 0.387 e. The molecule has 7 heteroatoms. The highest BCUT2D eigenvalue weighted by Crippen LogP contribution is 2.24. The van der Waals surface area contributed by atoms with Crippen molar-refractivity contribution in [3.8, 4) is 5.75 Å². The normalized spacial score (nSPS) is 12.5. The molecule has 18 heavy (non-hydrogen) atoms. The molecular formula is C11H12ClF2NO3. The van der Waals surface area contributed by atoms with Crippen LogP contribution in [0.4, 0.5) is 8.78 Å². The molecule has 0 heterocycles. The van der Waals surface area contributed by atoms with Crippen molar-refractivity contribution in [2.45, 2.75) is 26.1 Å². The van der Waals surface area contributed by atoms with Crippen LogP contribution in [-0.2, 0) is 11.3 Å². The van der Waals surface area contributed by atoms with Gasteiger partial charge in [0, 0.05) is 17.1 Å². The van der Waals surface area contributed by atoms with Gasteiger partial charge in [-0.05, 0) is 25.1 Å². The van der Waals surface area contributed by atoms with Gasteiger partial charge in [0.25, 0.3) is 0 Å². The lowest BCUT2D eigenvalue weighted by Gasteiger charge is -2.13. The van der Waals surface area contributed by atoms with E-state index in [1.54, 1.807) is 0 Å². The number of nitrogens with one attached hydrogen (secondary N) is 1. The summed E-state index contributed by atoms with van der Waals surface area (Å²) in [4.78, 5) is 10.6. The Bertz CT molecular complexity index is 429. The molecule has 0 spiro atoms. The number of ether oxygens (including phenoxy) is 1. The number of benzene rings is 1. The maximum atomic E-state index is 12.2. The van der Waals surface area contributed by atoms with Gasteiger partial charge < -0.3 is 15.2 Å². The molecule has 0 saturated heterocycles. The number of carboxylic acids is 1. The third-order valence-corrected chi connectivity index (χ3v) is 2.44. The molecule has 4 nitrogen and oxygen atoms in total. The van der Waals surface area contributed by atoms with E-state index in [0.29, 0.717) is 10.6 Å². The van der Waals surface area contributed by atoms with Crippen LogP contribution in [0.5, 0.6) is 5.75 Å². The summed E-state index contributed by atoms with van der Waals surface area (Å²) in [6.45, 7) is -1.43. The number of carboxylic acid groups (broad SMARTS) is 1. The highest BCUT2D eigenvalue weighted by Gasteiger charge is 2.13. The summed E-state index contributed by atoms with van der Waals surface area (Å²) in [5.41, 5.74) is 0.371. The van der Waals surface area contributed by atoms with Crippen LogP contribution in [0, 0.1) is 0 Å². The number of aliphatic carboxylic acids is 1. The van der Waals surface area contributed by atoms with Crippen molar-refractivity contribution in [3.63, 3.8) is 0 Å². The molecule has 0 unspecified atom stereocenters. The fourth-order valence-electron chi connectivity index (χ4n) is 1.25. The van der Waals surface area contributed by atoms with Crippen molar-refractivity contribution in [1.82, 2.24) is 5.32 Å².